The Morgan fingerprint density at radius 1 is 1.09 bits per heavy atom. The van der Waals surface area contributed by atoms with Gasteiger partial charge in [0, 0.05) is 31.6 Å². The average Bonchev–Trinajstić information content (AvgIpc) is 3.55. The van der Waals surface area contributed by atoms with E-state index in [-0.39, 0.29) is 28.6 Å². The summed E-state index contributed by atoms with van der Waals surface area (Å²) in [5.74, 6) is 22.2. The summed E-state index contributed by atoms with van der Waals surface area (Å²) in [6.45, 7) is 1.60. The zero-order chi connectivity index (χ0) is 31.3. The summed E-state index contributed by atoms with van der Waals surface area (Å²) in [6, 6.07) is -0.990. The molecule has 44 heavy (non-hydrogen) atoms. The molecule has 5 aliphatic heterocycles. The van der Waals surface area contributed by atoms with Gasteiger partial charge in [-0.15, -0.1) is 15.3 Å². The number of nitrogens with two attached hydrogens (primary N) is 4. The van der Waals surface area contributed by atoms with Gasteiger partial charge in [0.05, 0.1) is 12.5 Å². The zero-order valence-electron chi connectivity index (χ0n) is 23.6. The van der Waals surface area contributed by atoms with Crippen molar-refractivity contribution in [2.45, 2.75) is 68.5 Å². The molecular weight excluding hydrogens is 600 g/mol. The molecule has 23 heteroatoms. The monoisotopic (exact) mass is 636 g/mol. The van der Waals surface area contributed by atoms with Gasteiger partial charge in [0.1, 0.15) is 23.2 Å². The molecule has 0 aromatic carbocycles. The SMILES string of the molecule is NN=NC1=C(Cl)NC(C(=O)NC2NC3(CCN(C(=O)CCCC4NC5=C(N4)C(N=NN)NC=N5)CC3)CN2N)C(N=NN)N1. The minimum Gasteiger partial charge on any atom is -0.362 e. The number of likely N-dealkylation sites (tertiary alicyclic amines) is 1. The topological polar surface area (TPSA) is 315 Å². The maximum absolute atomic E-state index is 13.2. The van der Waals surface area contributed by atoms with Gasteiger partial charge in [-0.2, -0.15) is 0 Å². The van der Waals surface area contributed by atoms with Gasteiger partial charge >= 0.3 is 0 Å². The first-order valence-electron chi connectivity index (χ1n) is 13.9. The van der Waals surface area contributed by atoms with Crippen molar-refractivity contribution in [2.24, 2.45) is 59.4 Å². The minimum absolute atomic E-state index is 0.0155. The normalized spacial score (nSPS) is 30.0. The molecule has 1 spiro atoms. The second-order valence-corrected chi connectivity index (χ2v) is 11.1. The second kappa shape index (κ2) is 13.4. The van der Waals surface area contributed by atoms with Crippen molar-refractivity contribution in [1.29, 1.82) is 0 Å². The van der Waals surface area contributed by atoms with Crippen LogP contribution in [0, 0.1) is 0 Å². The highest BCUT2D eigenvalue weighted by Crippen LogP contribution is 2.29. The predicted octanol–water partition coefficient (Wildman–Crippen LogP) is -3.43. The van der Waals surface area contributed by atoms with Gasteiger partial charge in [-0.05, 0) is 25.7 Å². The highest BCUT2D eigenvalue weighted by molar-refractivity contribution is 6.29. The van der Waals surface area contributed by atoms with Crippen LogP contribution in [0.15, 0.2) is 58.5 Å². The number of nitrogens with zero attached hydrogens (tertiary/aromatic N) is 9. The zero-order valence-corrected chi connectivity index (χ0v) is 24.4. The van der Waals surface area contributed by atoms with E-state index in [1.165, 1.54) is 5.01 Å². The molecule has 0 aromatic rings. The molecule has 5 unspecified atom stereocenters. The van der Waals surface area contributed by atoms with Crippen LogP contribution in [0.25, 0.3) is 0 Å². The molecule has 5 heterocycles. The number of rotatable bonds is 9. The fourth-order valence-corrected chi connectivity index (χ4v) is 6.00. The summed E-state index contributed by atoms with van der Waals surface area (Å²) >= 11 is 6.18. The molecule has 22 nitrogen and oxygen atoms in total. The van der Waals surface area contributed by atoms with Gasteiger partial charge in [0.15, 0.2) is 24.0 Å². The van der Waals surface area contributed by atoms with Crippen LogP contribution < -0.4 is 60.6 Å². The third kappa shape index (κ3) is 6.66. The van der Waals surface area contributed by atoms with Gasteiger partial charge in [0.2, 0.25) is 11.8 Å². The van der Waals surface area contributed by atoms with Crippen LogP contribution in [0.4, 0.5) is 0 Å². The highest BCUT2D eigenvalue weighted by Gasteiger charge is 2.46. The molecule has 15 N–H and O–H groups in total. The number of carbonyl (C=O) groups is 2. The van der Waals surface area contributed by atoms with Crippen LogP contribution in [0.2, 0.25) is 0 Å². The number of hydrazine groups is 1. The van der Waals surface area contributed by atoms with Crippen LogP contribution in [0.3, 0.4) is 0 Å². The number of amides is 2. The van der Waals surface area contributed by atoms with Crippen molar-refractivity contribution < 1.29 is 9.59 Å². The lowest BCUT2D eigenvalue weighted by molar-refractivity contribution is -0.133. The van der Waals surface area contributed by atoms with Crippen molar-refractivity contribution in [3.05, 3.63) is 22.5 Å². The third-order valence-electron chi connectivity index (χ3n) is 7.99. The van der Waals surface area contributed by atoms with Crippen molar-refractivity contribution in [3.8, 4) is 0 Å². The molecule has 0 aromatic heterocycles. The van der Waals surface area contributed by atoms with Crippen molar-refractivity contribution in [3.63, 3.8) is 0 Å². The Morgan fingerprint density at radius 2 is 1.86 bits per heavy atom. The standard InChI is InChI=1S/C21H37ClN20O2/c22-14-18(37-40-25)32-17(36-39-24)13(31-14)19(44)33-20-34-21(8-42(20)26)4-6-41(7-5-21)11(43)3-1-2-10-29-12-15(30-10)27-9-28-16(12)35-38-23/h9-10,13,16-17,20,29-32,34H,1-8,26H2,(H2,23,35)(H2,24,36)(H2,25,37)(H,27,28)(H,33,44). The van der Waals surface area contributed by atoms with E-state index in [0.29, 0.717) is 57.6 Å². The van der Waals surface area contributed by atoms with Crippen LogP contribution >= 0.6 is 11.6 Å². The smallest absolute Gasteiger partial charge is 0.249 e. The Hall–Kier alpha value is -4.54. The van der Waals surface area contributed by atoms with Crippen molar-refractivity contribution >= 4 is 29.8 Å². The second-order valence-electron chi connectivity index (χ2n) is 10.8. The van der Waals surface area contributed by atoms with E-state index in [2.05, 4.69) is 73.2 Å². The Bertz CT molecular complexity index is 1270. The molecule has 2 saturated heterocycles. The van der Waals surface area contributed by atoms with Gasteiger partial charge in [-0.25, -0.2) is 10.0 Å². The van der Waals surface area contributed by atoms with E-state index in [1.807, 2.05) is 4.90 Å². The molecular formula is C21H37ClN20O2. The summed E-state index contributed by atoms with van der Waals surface area (Å²) in [6.07, 6.45) is 2.56. The fourth-order valence-electron chi connectivity index (χ4n) is 5.79. The van der Waals surface area contributed by atoms with E-state index in [4.69, 9.17) is 35.0 Å². The lowest BCUT2D eigenvalue weighted by Crippen LogP contribution is -2.63. The maximum atomic E-state index is 13.2. The Labute approximate surface area is 256 Å². The quantitative estimate of drug-likeness (QED) is 0.0508. The van der Waals surface area contributed by atoms with Crippen molar-refractivity contribution in [1.82, 2.24) is 47.1 Å². The number of carbonyl (C=O) groups excluding carboxylic acids is 2. The number of halogens is 1. The third-order valence-corrected chi connectivity index (χ3v) is 8.28. The highest BCUT2D eigenvalue weighted by atomic mass is 35.5. The number of nitrogens with one attached hydrogen (secondary N) is 7. The van der Waals surface area contributed by atoms with Gasteiger partial charge in [0.25, 0.3) is 0 Å². The van der Waals surface area contributed by atoms with Crippen molar-refractivity contribution in [2.75, 3.05) is 19.6 Å². The first-order chi connectivity index (χ1) is 21.3. The molecule has 5 atom stereocenters. The molecule has 0 saturated carbocycles. The Kier molecular flexibility index (Phi) is 9.41. The minimum atomic E-state index is -0.990. The van der Waals surface area contributed by atoms with E-state index >= 15 is 0 Å². The average molecular weight is 637 g/mol. The molecule has 0 bridgehead atoms. The van der Waals surface area contributed by atoms with Crippen LogP contribution in [-0.4, -0.2) is 84.1 Å². The van der Waals surface area contributed by atoms with Crippen LogP contribution in [0.1, 0.15) is 32.1 Å². The molecule has 240 valence electrons. The molecule has 0 aliphatic carbocycles. The van der Waals surface area contributed by atoms with E-state index < -0.39 is 30.6 Å². The van der Waals surface area contributed by atoms with Crippen LogP contribution in [-0.2, 0) is 9.59 Å². The summed E-state index contributed by atoms with van der Waals surface area (Å²) in [7, 11) is 0. The predicted molar refractivity (Wildman–Crippen MR) is 155 cm³/mol. The first kappa shape index (κ1) is 30.9. The van der Waals surface area contributed by atoms with Gasteiger partial charge in [-0.3, -0.25) is 20.7 Å². The summed E-state index contributed by atoms with van der Waals surface area (Å²) in [4.78, 5) is 32.3. The summed E-state index contributed by atoms with van der Waals surface area (Å²) < 4.78 is 0. The molecule has 5 aliphatic rings. The van der Waals surface area contributed by atoms with Gasteiger partial charge < -0.3 is 54.3 Å². The van der Waals surface area contributed by atoms with E-state index in [1.54, 1.807) is 6.34 Å². The number of hydrogen-bond donors (Lipinski definition) is 11. The van der Waals surface area contributed by atoms with E-state index in [9.17, 15) is 9.59 Å². The maximum Gasteiger partial charge on any atom is 0.249 e. The molecule has 2 fully saturated rings. The molecule has 0 radical (unpaired) electrons. The number of hydrogen-bond acceptors (Lipinski definition) is 17. The van der Waals surface area contributed by atoms with Crippen LogP contribution in [0.5, 0.6) is 0 Å². The number of piperidine rings is 1. The molecule has 2 amide bonds. The Morgan fingerprint density at radius 3 is 2.59 bits per heavy atom. The molecule has 5 rings (SSSR count). The number of aliphatic imine (C=N–C) groups is 1. The van der Waals surface area contributed by atoms with Gasteiger partial charge in [-0.1, -0.05) is 27.3 Å². The first-order valence-corrected chi connectivity index (χ1v) is 14.3. The largest absolute Gasteiger partial charge is 0.362 e. The fraction of sp³-hybridized carbons (Fsp3) is 0.667. The Balaban J connectivity index is 1.07. The lowest BCUT2D eigenvalue weighted by Gasteiger charge is -2.39. The summed E-state index contributed by atoms with van der Waals surface area (Å²) in [5, 5.41) is 44.3. The lowest BCUT2D eigenvalue weighted by atomic mass is 9.88. The summed E-state index contributed by atoms with van der Waals surface area (Å²) in [5.41, 5.74) is 0.391. The van der Waals surface area contributed by atoms with E-state index in [0.717, 1.165) is 5.70 Å².